The Bertz CT molecular complexity index is 177. The fourth-order valence-corrected chi connectivity index (χ4v) is 7.15. The van der Waals surface area contributed by atoms with Crippen LogP contribution < -0.4 is 5.09 Å². The number of alkyl halides is 2. The first-order valence-electron chi connectivity index (χ1n) is 4.65. The summed E-state index contributed by atoms with van der Waals surface area (Å²) >= 11 is 0. The number of rotatable bonds is 5. The Hall–Kier alpha value is 0.431. The lowest BCUT2D eigenvalue weighted by atomic mass is 11.7. The van der Waals surface area contributed by atoms with Gasteiger partial charge in [0.25, 0.3) is 0 Å². The summed E-state index contributed by atoms with van der Waals surface area (Å²) in [6, 6.07) is -2.23. The van der Waals surface area contributed by atoms with Gasteiger partial charge in [-0.25, -0.2) is 8.78 Å². The molecule has 0 fully saturated rings. The van der Waals surface area contributed by atoms with E-state index in [0.29, 0.717) is 0 Å². The second kappa shape index (κ2) is 4.97. The van der Waals surface area contributed by atoms with Crippen molar-refractivity contribution >= 4 is 26.2 Å². The molecule has 0 unspecified atom stereocenters. The molecule has 0 aliphatic heterocycles. The third-order valence-electron chi connectivity index (χ3n) is 1.34. The maximum absolute atomic E-state index is 12.4. The number of hydrazine groups is 1. The molecule has 0 heterocycles. The van der Waals surface area contributed by atoms with E-state index in [-0.39, 0.29) is 0 Å². The van der Waals surface area contributed by atoms with Gasteiger partial charge in [-0.1, -0.05) is 39.3 Å². The zero-order chi connectivity index (χ0) is 11.6. The van der Waals surface area contributed by atoms with Crippen LogP contribution in [0.4, 0.5) is 8.78 Å². The molecule has 0 aromatic heterocycles. The predicted octanol–water partition coefficient (Wildman–Crippen LogP) is 2.30. The molecule has 0 amide bonds. The Morgan fingerprint density at radius 2 is 1.50 bits per heavy atom. The van der Waals surface area contributed by atoms with Crippen molar-refractivity contribution in [1.82, 2.24) is 9.43 Å². The summed E-state index contributed by atoms with van der Waals surface area (Å²) in [6.45, 7) is 12.6. The summed E-state index contributed by atoms with van der Waals surface area (Å²) < 4.78 is 26.5. The first kappa shape index (κ1) is 14.4. The van der Waals surface area contributed by atoms with Gasteiger partial charge in [-0.15, -0.1) is 0 Å². The molecule has 0 rings (SSSR count). The van der Waals surface area contributed by atoms with Gasteiger partial charge in [0, 0.05) is 0 Å². The summed E-state index contributed by atoms with van der Waals surface area (Å²) in [4.78, 5) is 0. The SMILES string of the molecule is C[Si](C)(C)NN([Si]C(F)F)[Si](C)(C)C. The summed E-state index contributed by atoms with van der Waals surface area (Å²) in [5.41, 5.74) is 0. The quantitative estimate of drug-likeness (QED) is 0.598. The van der Waals surface area contributed by atoms with Crippen molar-refractivity contribution in [2.75, 3.05) is 0 Å². The van der Waals surface area contributed by atoms with Gasteiger partial charge in [-0.05, 0) is 0 Å². The minimum Gasteiger partial charge on any atom is -0.289 e. The van der Waals surface area contributed by atoms with Crippen LogP contribution in [0.3, 0.4) is 0 Å². The van der Waals surface area contributed by atoms with Crippen LogP contribution in [0.1, 0.15) is 0 Å². The van der Waals surface area contributed by atoms with Gasteiger partial charge in [0.2, 0.25) is 15.7 Å². The van der Waals surface area contributed by atoms with E-state index in [1.165, 1.54) is 0 Å². The maximum Gasteiger partial charge on any atom is 0.238 e. The van der Waals surface area contributed by atoms with E-state index in [9.17, 15) is 8.78 Å². The highest BCUT2D eigenvalue weighted by molar-refractivity contribution is 6.81. The Morgan fingerprint density at radius 3 is 1.71 bits per heavy atom. The molecule has 84 valence electrons. The Balaban J connectivity index is 4.42. The zero-order valence-corrected chi connectivity index (χ0v) is 12.8. The summed E-state index contributed by atoms with van der Waals surface area (Å²) in [5.74, 6) is 0. The zero-order valence-electron chi connectivity index (χ0n) is 9.78. The van der Waals surface area contributed by atoms with Crippen LogP contribution in [-0.4, -0.2) is 36.5 Å². The molecule has 1 N–H and O–H groups in total. The monoisotopic (exact) mass is 254 g/mol. The molecule has 2 radical (unpaired) electrons. The highest BCUT2D eigenvalue weighted by atomic mass is 28.4. The van der Waals surface area contributed by atoms with Crippen molar-refractivity contribution in [3.05, 3.63) is 0 Å². The van der Waals surface area contributed by atoms with Crippen molar-refractivity contribution in [1.29, 1.82) is 0 Å². The fraction of sp³-hybridized carbons (Fsp3) is 1.00. The molecule has 2 nitrogen and oxygen atoms in total. The van der Waals surface area contributed by atoms with Gasteiger partial charge >= 0.3 is 0 Å². The summed E-state index contributed by atoms with van der Waals surface area (Å²) in [6.07, 6.45) is 0. The van der Waals surface area contributed by atoms with Gasteiger partial charge < -0.3 is 0 Å². The topological polar surface area (TPSA) is 15.3 Å². The normalized spacial score (nSPS) is 14.1. The molecular weight excluding hydrogens is 234 g/mol. The lowest BCUT2D eigenvalue weighted by molar-refractivity contribution is 0.228. The minimum absolute atomic E-state index is 0.410. The van der Waals surface area contributed by atoms with Crippen molar-refractivity contribution in [2.24, 2.45) is 0 Å². The van der Waals surface area contributed by atoms with Crippen LogP contribution >= 0.6 is 0 Å². The molecule has 0 spiro atoms. The summed E-state index contributed by atoms with van der Waals surface area (Å²) in [5, 5.41) is 3.29. The van der Waals surface area contributed by atoms with E-state index in [4.69, 9.17) is 0 Å². The molecular formula is C7H20F2N2Si3. The van der Waals surface area contributed by atoms with E-state index < -0.39 is 32.2 Å². The van der Waals surface area contributed by atoms with Crippen LogP contribution in [0.2, 0.25) is 39.3 Å². The van der Waals surface area contributed by atoms with Crippen LogP contribution in [0.15, 0.2) is 0 Å². The van der Waals surface area contributed by atoms with E-state index in [0.717, 1.165) is 0 Å². The van der Waals surface area contributed by atoms with Crippen LogP contribution in [0.5, 0.6) is 0 Å². The Kier molecular flexibility index (Phi) is 5.12. The number of nitrogens with one attached hydrogen (secondary N) is 1. The number of hydrogen-bond donors (Lipinski definition) is 1. The smallest absolute Gasteiger partial charge is 0.238 e. The third-order valence-corrected chi connectivity index (χ3v) is 7.10. The molecule has 7 heteroatoms. The highest BCUT2D eigenvalue weighted by Crippen LogP contribution is 2.10. The fourth-order valence-electron chi connectivity index (χ4n) is 0.827. The largest absolute Gasteiger partial charge is 0.289 e. The van der Waals surface area contributed by atoms with Crippen LogP contribution in [0.25, 0.3) is 0 Å². The minimum atomic E-state index is -2.23. The average molecular weight is 255 g/mol. The van der Waals surface area contributed by atoms with Crippen LogP contribution in [-0.2, 0) is 0 Å². The molecule has 0 saturated carbocycles. The second-order valence-electron chi connectivity index (χ2n) is 5.30. The van der Waals surface area contributed by atoms with Crippen molar-refractivity contribution in [2.45, 2.75) is 45.3 Å². The number of hydrogen-bond acceptors (Lipinski definition) is 2. The number of nitrogens with zero attached hydrogens (tertiary/aromatic N) is 1. The molecule has 0 saturated heterocycles. The van der Waals surface area contributed by atoms with E-state index >= 15 is 0 Å². The first-order valence-corrected chi connectivity index (χ1v) is 12.6. The van der Waals surface area contributed by atoms with Gasteiger partial charge in [-0.2, -0.15) is 0 Å². The molecule has 0 aliphatic rings. The maximum atomic E-state index is 12.4. The van der Waals surface area contributed by atoms with Gasteiger partial charge in [0.05, 0.1) is 0 Å². The Labute approximate surface area is 90.1 Å². The van der Waals surface area contributed by atoms with Gasteiger partial charge in [0.15, 0.2) is 0 Å². The van der Waals surface area contributed by atoms with E-state index in [1.807, 2.05) is 4.34 Å². The molecule has 0 atom stereocenters. The molecule has 0 bridgehead atoms. The summed E-state index contributed by atoms with van der Waals surface area (Å²) in [7, 11) is -3.59. The lowest BCUT2D eigenvalue weighted by Gasteiger charge is -2.38. The highest BCUT2D eigenvalue weighted by Gasteiger charge is 2.31. The lowest BCUT2D eigenvalue weighted by Crippen LogP contribution is -2.64. The first-order chi connectivity index (χ1) is 6.02. The molecule has 14 heavy (non-hydrogen) atoms. The van der Waals surface area contributed by atoms with Crippen molar-refractivity contribution in [3.63, 3.8) is 0 Å². The molecule has 0 aromatic rings. The predicted molar refractivity (Wildman–Crippen MR) is 63.4 cm³/mol. The molecule has 0 aromatic carbocycles. The molecule has 0 aliphatic carbocycles. The van der Waals surface area contributed by atoms with Crippen molar-refractivity contribution < 1.29 is 8.78 Å². The Morgan fingerprint density at radius 1 is 1.07 bits per heavy atom. The third kappa shape index (κ3) is 6.82. The van der Waals surface area contributed by atoms with Gasteiger partial charge in [-0.3, -0.25) is 9.43 Å². The van der Waals surface area contributed by atoms with Crippen molar-refractivity contribution in [3.8, 4) is 0 Å². The number of halogens is 2. The average Bonchev–Trinajstić information content (AvgIpc) is 1.78. The van der Waals surface area contributed by atoms with Gasteiger partial charge in [0.1, 0.15) is 16.5 Å². The second-order valence-corrected chi connectivity index (χ2v) is 16.4. The van der Waals surface area contributed by atoms with Crippen LogP contribution in [0, 0.1) is 0 Å². The van der Waals surface area contributed by atoms with E-state index in [1.54, 1.807) is 0 Å². The standard InChI is InChI=1S/C7H20F2N2Si3/c1-13(2,3)10-11(12-7(8)9)14(4,5)6/h7,10H,1-6H3. The van der Waals surface area contributed by atoms with E-state index in [2.05, 4.69) is 44.4 Å².